The molecule has 0 aromatic heterocycles. The van der Waals surface area contributed by atoms with Gasteiger partial charge >= 0.3 is 0 Å². The molecule has 0 unspecified atom stereocenters. The lowest BCUT2D eigenvalue weighted by Crippen LogP contribution is -2.15. The third kappa shape index (κ3) is 2.96. The second-order valence-electron chi connectivity index (χ2n) is 3.41. The van der Waals surface area contributed by atoms with Crippen LogP contribution in [0.25, 0.3) is 0 Å². The third-order valence-corrected chi connectivity index (χ3v) is 2.43. The van der Waals surface area contributed by atoms with Crippen molar-refractivity contribution >= 4 is 15.9 Å². The van der Waals surface area contributed by atoms with E-state index in [9.17, 15) is 9.50 Å². The highest BCUT2D eigenvalue weighted by Gasteiger charge is 2.09. The van der Waals surface area contributed by atoms with E-state index in [4.69, 9.17) is 5.73 Å². The molecule has 0 aliphatic rings. The van der Waals surface area contributed by atoms with Crippen LogP contribution in [-0.4, -0.2) is 11.1 Å². The van der Waals surface area contributed by atoms with E-state index in [2.05, 4.69) is 15.9 Å². The summed E-state index contributed by atoms with van der Waals surface area (Å²) in [6.45, 7) is 1.88. The van der Waals surface area contributed by atoms with Crippen molar-refractivity contribution in [2.75, 3.05) is 0 Å². The molecule has 0 saturated carbocycles. The molecule has 0 aliphatic carbocycles. The van der Waals surface area contributed by atoms with Gasteiger partial charge in [0.15, 0.2) is 11.6 Å². The van der Waals surface area contributed by atoms with Gasteiger partial charge in [0.05, 0.1) is 0 Å². The van der Waals surface area contributed by atoms with Gasteiger partial charge in [-0.1, -0.05) is 15.9 Å². The molecular formula is C10H13BrFNO. The van der Waals surface area contributed by atoms with E-state index in [1.54, 1.807) is 6.07 Å². The molecular weight excluding hydrogens is 249 g/mol. The fourth-order valence-electron chi connectivity index (χ4n) is 1.19. The molecule has 0 radical (unpaired) electrons. The summed E-state index contributed by atoms with van der Waals surface area (Å²) in [7, 11) is 0. The zero-order valence-electron chi connectivity index (χ0n) is 7.93. The zero-order chi connectivity index (χ0) is 10.7. The SMILES string of the molecule is C[C@@H](N)CCc1cc(Br)cc(F)c1O. The van der Waals surface area contributed by atoms with E-state index in [1.807, 2.05) is 6.92 Å². The van der Waals surface area contributed by atoms with Crippen LogP contribution in [0, 0.1) is 5.82 Å². The molecule has 3 N–H and O–H groups in total. The van der Waals surface area contributed by atoms with E-state index in [-0.39, 0.29) is 11.8 Å². The second kappa shape index (κ2) is 4.75. The van der Waals surface area contributed by atoms with Gasteiger partial charge in [-0.15, -0.1) is 0 Å². The number of nitrogens with two attached hydrogens (primary N) is 1. The second-order valence-corrected chi connectivity index (χ2v) is 4.33. The first kappa shape index (κ1) is 11.5. The summed E-state index contributed by atoms with van der Waals surface area (Å²) in [4.78, 5) is 0. The molecule has 0 aliphatic heterocycles. The molecule has 0 amide bonds. The van der Waals surface area contributed by atoms with Crippen LogP contribution < -0.4 is 5.73 Å². The van der Waals surface area contributed by atoms with Crippen LogP contribution >= 0.6 is 15.9 Å². The van der Waals surface area contributed by atoms with E-state index in [0.29, 0.717) is 16.5 Å². The maximum Gasteiger partial charge on any atom is 0.166 e. The van der Waals surface area contributed by atoms with Crippen LogP contribution in [0.1, 0.15) is 18.9 Å². The summed E-state index contributed by atoms with van der Waals surface area (Å²) in [5.74, 6) is -0.868. The number of rotatable bonds is 3. The van der Waals surface area contributed by atoms with Crippen LogP contribution in [0.5, 0.6) is 5.75 Å². The maximum atomic E-state index is 13.1. The summed E-state index contributed by atoms with van der Waals surface area (Å²) in [6, 6.07) is 3.00. The first-order chi connectivity index (χ1) is 6.50. The first-order valence-electron chi connectivity index (χ1n) is 4.43. The molecule has 1 rings (SSSR count). The van der Waals surface area contributed by atoms with Gasteiger partial charge in [0.2, 0.25) is 0 Å². The lowest BCUT2D eigenvalue weighted by Gasteiger charge is -2.08. The minimum atomic E-state index is -0.598. The van der Waals surface area contributed by atoms with Crippen molar-refractivity contribution < 1.29 is 9.50 Å². The Morgan fingerprint density at radius 2 is 2.21 bits per heavy atom. The number of phenols is 1. The summed E-state index contributed by atoms with van der Waals surface area (Å²) in [6.07, 6.45) is 1.31. The number of aryl methyl sites for hydroxylation is 1. The fraction of sp³-hybridized carbons (Fsp3) is 0.400. The monoisotopic (exact) mass is 261 g/mol. The smallest absolute Gasteiger partial charge is 0.166 e. The van der Waals surface area contributed by atoms with Crippen LogP contribution in [0.2, 0.25) is 0 Å². The Bertz CT molecular complexity index is 328. The van der Waals surface area contributed by atoms with Crippen LogP contribution in [-0.2, 0) is 6.42 Å². The van der Waals surface area contributed by atoms with E-state index >= 15 is 0 Å². The van der Waals surface area contributed by atoms with Crippen molar-refractivity contribution in [3.05, 3.63) is 28.0 Å². The largest absolute Gasteiger partial charge is 0.505 e. The lowest BCUT2D eigenvalue weighted by atomic mass is 10.1. The number of phenolic OH excluding ortho intramolecular Hbond substituents is 1. The minimum Gasteiger partial charge on any atom is -0.505 e. The van der Waals surface area contributed by atoms with E-state index in [0.717, 1.165) is 6.42 Å². The van der Waals surface area contributed by atoms with Gasteiger partial charge in [-0.25, -0.2) is 4.39 Å². The van der Waals surface area contributed by atoms with Gasteiger partial charge in [0, 0.05) is 10.5 Å². The predicted octanol–water partition coefficient (Wildman–Crippen LogP) is 2.57. The molecule has 0 spiro atoms. The molecule has 0 saturated heterocycles. The number of benzene rings is 1. The van der Waals surface area contributed by atoms with Crippen molar-refractivity contribution in [3.8, 4) is 5.75 Å². The number of aromatic hydroxyl groups is 1. The van der Waals surface area contributed by atoms with Gasteiger partial charge in [-0.2, -0.15) is 0 Å². The fourth-order valence-corrected chi connectivity index (χ4v) is 1.67. The standard InChI is InChI=1S/C10H13BrFNO/c1-6(13)2-3-7-4-8(11)5-9(12)10(7)14/h4-6,14H,2-3,13H2,1H3/t6-/m1/s1. The third-order valence-electron chi connectivity index (χ3n) is 1.98. The van der Waals surface area contributed by atoms with Crippen molar-refractivity contribution in [3.63, 3.8) is 0 Å². The van der Waals surface area contributed by atoms with Crippen molar-refractivity contribution in [2.24, 2.45) is 5.73 Å². The highest BCUT2D eigenvalue weighted by atomic mass is 79.9. The number of hydrogen-bond acceptors (Lipinski definition) is 2. The lowest BCUT2D eigenvalue weighted by molar-refractivity contribution is 0.424. The first-order valence-corrected chi connectivity index (χ1v) is 5.22. The number of halogens is 2. The molecule has 78 valence electrons. The van der Waals surface area contributed by atoms with Crippen molar-refractivity contribution in [1.82, 2.24) is 0 Å². The van der Waals surface area contributed by atoms with Crippen LogP contribution in [0.15, 0.2) is 16.6 Å². The molecule has 1 atom stereocenters. The summed E-state index contributed by atoms with van der Waals surface area (Å²) in [5.41, 5.74) is 6.17. The van der Waals surface area contributed by atoms with Crippen LogP contribution in [0.3, 0.4) is 0 Å². The predicted molar refractivity (Wildman–Crippen MR) is 57.7 cm³/mol. The molecule has 14 heavy (non-hydrogen) atoms. The zero-order valence-corrected chi connectivity index (χ0v) is 9.51. The summed E-state index contributed by atoms with van der Waals surface area (Å²) < 4.78 is 13.7. The average Bonchev–Trinajstić information content (AvgIpc) is 2.08. The summed E-state index contributed by atoms with van der Waals surface area (Å²) >= 11 is 3.17. The molecule has 1 aromatic carbocycles. The molecule has 2 nitrogen and oxygen atoms in total. The van der Waals surface area contributed by atoms with Gasteiger partial charge in [-0.3, -0.25) is 0 Å². The Hall–Kier alpha value is -0.610. The maximum absolute atomic E-state index is 13.1. The molecule has 0 heterocycles. The minimum absolute atomic E-state index is 0.0523. The Morgan fingerprint density at radius 1 is 1.57 bits per heavy atom. The topological polar surface area (TPSA) is 46.2 Å². The Kier molecular flexibility index (Phi) is 3.89. The summed E-state index contributed by atoms with van der Waals surface area (Å²) in [5, 5.41) is 9.40. The Balaban J connectivity index is 2.85. The van der Waals surface area contributed by atoms with Crippen molar-refractivity contribution in [1.29, 1.82) is 0 Å². The van der Waals surface area contributed by atoms with Crippen molar-refractivity contribution in [2.45, 2.75) is 25.8 Å². The molecule has 0 fully saturated rings. The highest BCUT2D eigenvalue weighted by molar-refractivity contribution is 9.10. The molecule has 4 heteroatoms. The average molecular weight is 262 g/mol. The Morgan fingerprint density at radius 3 is 2.79 bits per heavy atom. The molecule has 1 aromatic rings. The number of hydrogen-bond donors (Lipinski definition) is 2. The van der Waals surface area contributed by atoms with Gasteiger partial charge in [-0.05, 0) is 37.5 Å². The quantitative estimate of drug-likeness (QED) is 0.879. The van der Waals surface area contributed by atoms with Gasteiger partial charge in [0.1, 0.15) is 0 Å². The van der Waals surface area contributed by atoms with E-state index in [1.165, 1.54) is 6.07 Å². The molecule has 0 bridgehead atoms. The van der Waals surface area contributed by atoms with Gasteiger partial charge in [0.25, 0.3) is 0 Å². The normalized spacial score (nSPS) is 12.9. The van der Waals surface area contributed by atoms with Gasteiger partial charge < -0.3 is 10.8 Å². The van der Waals surface area contributed by atoms with E-state index < -0.39 is 5.82 Å². The highest BCUT2D eigenvalue weighted by Crippen LogP contribution is 2.27. The van der Waals surface area contributed by atoms with Crippen LogP contribution in [0.4, 0.5) is 4.39 Å². The Labute approximate surface area is 91.1 Å².